The van der Waals surface area contributed by atoms with Gasteiger partial charge < -0.3 is 10.1 Å². The van der Waals surface area contributed by atoms with Crippen molar-refractivity contribution >= 4 is 21.6 Å². The molecule has 0 aliphatic carbocycles. The summed E-state index contributed by atoms with van der Waals surface area (Å²) < 4.78 is 33.4. The lowest BCUT2D eigenvalue weighted by Gasteiger charge is -2.30. The summed E-state index contributed by atoms with van der Waals surface area (Å²) in [6.07, 6.45) is 1.68. The molecule has 0 radical (unpaired) electrons. The number of hydrogen-bond donors (Lipinski definition) is 1. The van der Waals surface area contributed by atoms with Crippen molar-refractivity contribution in [3.63, 3.8) is 0 Å². The van der Waals surface area contributed by atoms with E-state index in [-0.39, 0.29) is 17.4 Å². The van der Waals surface area contributed by atoms with Crippen LogP contribution in [0.4, 0.5) is 5.69 Å². The van der Waals surface area contributed by atoms with Gasteiger partial charge in [0.2, 0.25) is 0 Å². The lowest BCUT2D eigenvalue weighted by molar-refractivity contribution is -0.122. The van der Waals surface area contributed by atoms with E-state index >= 15 is 0 Å². The number of fused-ring (bicyclic) bond motifs is 1. The zero-order valence-electron chi connectivity index (χ0n) is 15.6. The lowest BCUT2D eigenvalue weighted by atomic mass is 10.0. The van der Waals surface area contributed by atoms with Crippen LogP contribution in [0.5, 0.6) is 5.75 Å². The number of sulfonamides is 1. The van der Waals surface area contributed by atoms with Crippen molar-refractivity contribution in [2.75, 3.05) is 24.0 Å². The molecule has 7 heteroatoms. The third-order valence-corrected chi connectivity index (χ3v) is 6.34. The Bertz CT molecular complexity index is 941. The molecule has 0 atom stereocenters. The van der Waals surface area contributed by atoms with E-state index in [4.69, 9.17) is 4.74 Å². The highest BCUT2D eigenvalue weighted by Crippen LogP contribution is 2.33. The molecule has 0 unspecified atom stereocenters. The third-order valence-electron chi connectivity index (χ3n) is 4.53. The molecule has 3 rings (SSSR count). The van der Waals surface area contributed by atoms with Crippen molar-refractivity contribution in [3.8, 4) is 5.75 Å². The van der Waals surface area contributed by atoms with Gasteiger partial charge in [-0.15, -0.1) is 0 Å². The molecule has 1 N–H and O–H groups in total. The summed E-state index contributed by atoms with van der Waals surface area (Å²) >= 11 is 0. The Balaban J connectivity index is 1.84. The van der Waals surface area contributed by atoms with Crippen molar-refractivity contribution in [3.05, 3.63) is 53.6 Å². The summed E-state index contributed by atoms with van der Waals surface area (Å²) in [4.78, 5) is 11.8. The van der Waals surface area contributed by atoms with Crippen LogP contribution in [-0.4, -0.2) is 34.0 Å². The first-order valence-corrected chi connectivity index (χ1v) is 10.5. The molecule has 0 fully saturated rings. The zero-order chi connectivity index (χ0) is 19.4. The van der Waals surface area contributed by atoms with Crippen LogP contribution in [0.25, 0.3) is 0 Å². The number of ether oxygens (including phenoxy) is 1. The van der Waals surface area contributed by atoms with Gasteiger partial charge in [0, 0.05) is 13.1 Å². The Morgan fingerprint density at radius 3 is 2.74 bits per heavy atom. The number of hydrogen-bond acceptors (Lipinski definition) is 4. The van der Waals surface area contributed by atoms with Crippen molar-refractivity contribution in [2.24, 2.45) is 0 Å². The number of rotatable bonds is 6. The Morgan fingerprint density at radius 2 is 2.00 bits per heavy atom. The van der Waals surface area contributed by atoms with Gasteiger partial charge in [0.1, 0.15) is 5.75 Å². The van der Waals surface area contributed by atoms with Gasteiger partial charge in [-0.3, -0.25) is 9.10 Å². The van der Waals surface area contributed by atoms with Crippen molar-refractivity contribution in [2.45, 2.75) is 31.6 Å². The molecule has 1 aliphatic rings. The van der Waals surface area contributed by atoms with Crippen LogP contribution in [0.2, 0.25) is 0 Å². The van der Waals surface area contributed by atoms with Gasteiger partial charge in [-0.05, 0) is 62.1 Å². The predicted octanol–water partition coefficient (Wildman–Crippen LogP) is 2.65. The van der Waals surface area contributed by atoms with E-state index in [0.717, 1.165) is 24.1 Å². The van der Waals surface area contributed by atoms with Crippen LogP contribution in [0.3, 0.4) is 0 Å². The van der Waals surface area contributed by atoms with Crippen LogP contribution in [0.1, 0.15) is 24.5 Å². The standard InChI is InChI=1S/C20H24N2O4S/c1-3-21-20(23)14-26-19-11-10-17(13-15(19)2)27(24,25)22-12-6-8-16-7-4-5-9-18(16)22/h4-5,7,9-11,13H,3,6,8,12,14H2,1-2H3,(H,21,23). The summed E-state index contributed by atoms with van der Waals surface area (Å²) in [5.41, 5.74) is 2.47. The molecule has 0 saturated carbocycles. The van der Waals surface area contributed by atoms with Crippen molar-refractivity contribution in [1.82, 2.24) is 5.32 Å². The highest BCUT2D eigenvalue weighted by atomic mass is 32.2. The molecule has 0 bridgehead atoms. The Kier molecular flexibility index (Phi) is 5.70. The van der Waals surface area contributed by atoms with Gasteiger partial charge in [0.15, 0.2) is 6.61 Å². The molecule has 2 aromatic rings. The van der Waals surface area contributed by atoms with Crippen LogP contribution in [0, 0.1) is 6.92 Å². The average molecular weight is 388 g/mol. The zero-order valence-corrected chi connectivity index (χ0v) is 16.4. The summed E-state index contributed by atoms with van der Waals surface area (Å²) in [5, 5.41) is 2.66. The maximum Gasteiger partial charge on any atom is 0.264 e. The number of carbonyl (C=O) groups is 1. The minimum Gasteiger partial charge on any atom is -0.484 e. The summed E-state index contributed by atoms with van der Waals surface area (Å²) in [7, 11) is -3.66. The number of likely N-dealkylation sites (N-methyl/N-ethyl adjacent to an activating group) is 1. The van der Waals surface area contributed by atoms with Gasteiger partial charge in [-0.1, -0.05) is 18.2 Å². The van der Waals surface area contributed by atoms with Gasteiger partial charge in [-0.25, -0.2) is 8.42 Å². The smallest absolute Gasteiger partial charge is 0.264 e. The molecular formula is C20H24N2O4S. The lowest BCUT2D eigenvalue weighted by Crippen LogP contribution is -2.35. The third kappa shape index (κ3) is 4.08. The number of aryl methyl sites for hydroxylation is 2. The minimum absolute atomic E-state index is 0.0969. The first-order valence-electron chi connectivity index (χ1n) is 9.04. The highest BCUT2D eigenvalue weighted by molar-refractivity contribution is 7.92. The fraction of sp³-hybridized carbons (Fsp3) is 0.350. The number of anilines is 1. The van der Waals surface area contributed by atoms with E-state index in [1.165, 1.54) is 10.4 Å². The minimum atomic E-state index is -3.66. The molecule has 1 amide bonds. The SMILES string of the molecule is CCNC(=O)COc1ccc(S(=O)(=O)N2CCCc3ccccc32)cc1C. The fourth-order valence-corrected chi connectivity index (χ4v) is 4.84. The molecule has 0 saturated heterocycles. The largest absolute Gasteiger partial charge is 0.484 e. The van der Waals surface area contributed by atoms with E-state index in [2.05, 4.69) is 5.32 Å². The van der Waals surface area contributed by atoms with Gasteiger partial charge in [-0.2, -0.15) is 0 Å². The van der Waals surface area contributed by atoms with Gasteiger partial charge in [0.05, 0.1) is 10.6 Å². The molecule has 1 aliphatic heterocycles. The second-order valence-corrected chi connectivity index (χ2v) is 8.34. The second-order valence-electron chi connectivity index (χ2n) is 6.48. The normalized spacial score (nSPS) is 13.8. The molecule has 27 heavy (non-hydrogen) atoms. The molecular weight excluding hydrogens is 364 g/mol. The van der Waals surface area contributed by atoms with E-state index in [1.54, 1.807) is 19.1 Å². The van der Waals surface area contributed by atoms with Gasteiger partial charge in [0.25, 0.3) is 15.9 Å². The topological polar surface area (TPSA) is 75.7 Å². The monoisotopic (exact) mass is 388 g/mol. The maximum atomic E-state index is 13.2. The molecule has 1 heterocycles. The van der Waals surface area contributed by atoms with Gasteiger partial charge >= 0.3 is 0 Å². The molecule has 6 nitrogen and oxygen atoms in total. The van der Waals surface area contributed by atoms with E-state index in [0.29, 0.717) is 24.4 Å². The summed E-state index contributed by atoms with van der Waals surface area (Å²) in [6.45, 7) is 4.52. The highest BCUT2D eigenvalue weighted by Gasteiger charge is 2.29. The van der Waals surface area contributed by atoms with Crippen LogP contribution in [0.15, 0.2) is 47.4 Å². The number of nitrogens with zero attached hydrogens (tertiary/aromatic N) is 1. The second kappa shape index (κ2) is 8.00. The van der Waals surface area contributed by atoms with E-state index < -0.39 is 10.0 Å². The average Bonchev–Trinajstić information content (AvgIpc) is 2.66. The molecule has 0 spiro atoms. The number of para-hydroxylation sites is 1. The molecule has 2 aromatic carbocycles. The van der Waals surface area contributed by atoms with Crippen molar-refractivity contribution < 1.29 is 17.9 Å². The van der Waals surface area contributed by atoms with Crippen molar-refractivity contribution in [1.29, 1.82) is 0 Å². The fourth-order valence-electron chi connectivity index (χ4n) is 3.21. The number of carbonyl (C=O) groups excluding carboxylic acids is 1. The maximum absolute atomic E-state index is 13.2. The van der Waals surface area contributed by atoms with Crippen LogP contribution < -0.4 is 14.4 Å². The predicted molar refractivity (Wildman–Crippen MR) is 105 cm³/mol. The quantitative estimate of drug-likeness (QED) is 0.825. The Morgan fingerprint density at radius 1 is 1.22 bits per heavy atom. The Labute approximate surface area is 160 Å². The van der Waals surface area contributed by atoms with E-state index in [9.17, 15) is 13.2 Å². The first-order chi connectivity index (χ1) is 12.9. The molecule has 0 aromatic heterocycles. The van der Waals surface area contributed by atoms with Crippen LogP contribution in [-0.2, 0) is 21.2 Å². The number of nitrogens with one attached hydrogen (secondary N) is 1. The number of amides is 1. The Hall–Kier alpha value is -2.54. The summed E-state index contributed by atoms with van der Waals surface area (Å²) in [6, 6.07) is 12.4. The van der Waals surface area contributed by atoms with E-state index in [1.807, 2.05) is 31.2 Å². The molecule has 144 valence electrons. The van der Waals surface area contributed by atoms with Crippen LogP contribution >= 0.6 is 0 Å². The summed E-state index contributed by atoms with van der Waals surface area (Å²) in [5.74, 6) is 0.290. The number of benzene rings is 2. The first kappa shape index (κ1) is 19.2.